The Morgan fingerprint density at radius 1 is 1.25 bits per heavy atom. The molecule has 0 fully saturated rings. The summed E-state index contributed by atoms with van der Waals surface area (Å²) < 4.78 is 0. The van der Waals surface area contributed by atoms with Gasteiger partial charge in [0.05, 0.1) is 0 Å². The Balaban J connectivity index is 2.23. The maximum atomic E-state index is 12.9. The molecule has 0 saturated heterocycles. The molecule has 1 heterocycles. The first kappa shape index (κ1) is 21.9. The fourth-order valence-electron chi connectivity index (χ4n) is 3.19. The van der Waals surface area contributed by atoms with Crippen LogP contribution in [0.25, 0.3) is 0 Å². The molecule has 2 N–H and O–H groups in total. The highest BCUT2D eigenvalue weighted by Gasteiger charge is 2.33. The second-order valence-electron chi connectivity index (χ2n) is 7.28. The highest BCUT2D eigenvalue weighted by atomic mass is 32.2. The van der Waals surface area contributed by atoms with E-state index >= 15 is 0 Å². The van der Waals surface area contributed by atoms with Crippen LogP contribution in [0.2, 0.25) is 0 Å². The van der Waals surface area contributed by atoms with Gasteiger partial charge in [-0.05, 0) is 17.0 Å². The van der Waals surface area contributed by atoms with Gasteiger partial charge < -0.3 is 15.3 Å². The Morgan fingerprint density at radius 3 is 2.46 bits per heavy atom. The van der Waals surface area contributed by atoms with Crippen molar-refractivity contribution in [2.75, 3.05) is 12.3 Å². The van der Waals surface area contributed by atoms with E-state index in [2.05, 4.69) is 5.32 Å². The van der Waals surface area contributed by atoms with Gasteiger partial charge in [-0.15, -0.1) is 0 Å². The predicted octanol–water partition coefficient (Wildman–Crippen LogP) is 1.69. The summed E-state index contributed by atoms with van der Waals surface area (Å²) >= 11 is 1.09. The Hall–Kier alpha value is -2.35. The lowest BCUT2D eigenvalue weighted by atomic mass is 9.95. The molecule has 2 amide bonds. The number of carboxylic acid groups (broad SMARTS) is 1. The lowest BCUT2D eigenvalue weighted by molar-refractivity contribution is -0.146. The summed E-state index contributed by atoms with van der Waals surface area (Å²) in [7, 11) is 0. The van der Waals surface area contributed by atoms with Crippen molar-refractivity contribution >= 4 is 34.7 Å². The first-order valence-corrected chi connectivity index (χ1v) is 10.2. The number of thioether (sulfide) groups is 1. The summed E-state index contributed by atoms with van der Waals surface area (Å²) in [5.74, 6) is -1.89. The fourth-order valence-corrected chi connectivity index (χ4v) is 4.14. The van der Waals surface area contributed by atoms with Gasteiger partial charge in [0.15, 0.2) is 5.12 Å². The van der Waals surface area contributed by atoms with Gasteiger partial charge in [-0.3, -0.25) is 19.2 Å². The van der Waals surface area contributed by atoms with E-state index in [9.17, 15) is 19.2 Å². The van der Waals surface area contributed by atoms with Crippen molar-refractivity contribution in [1.29, 1.82) is 0 Å². The number of hydrogen-bond acceptors (Lipinski definition) is 5. The lowest BCUT2D eigenvalue weighted by Gasteiger charge is -2.26. The van der Waals surface area contributed by atoms with Crippen LogP contribution in [0.1, 0.15) is 31.9 Å². The summed E-state index contributed by atoms with van der Waals surface area (Å²) in [5, 5.41) is 11.9. The summed E-state index contributed by atoms with van der Waals surface area (Å²) in [6, 6.07) is 6.61. The molecular weight excluding hydrogens is 380 g/mol. The van der Waals surface area contributed by atoms with Gasteiger partial charge in [0.25, 0.3) is 0 Å². The lowest BCUT2D eigenvalue weighted by Crippen LogP contribution is -2.51. The Labute approximate surface area is 168 Å². The minimum Gasteiger partial charge on any atom is -0.480 e. The molecule has 1 aromatic carbocycles. The molecule has 152 valence electrons. The van der Waals surface area contributed by atoms with Crippen LogP contribution in [-0.4, -0.2) is 51.2 Å². The highest BCUT2D eigenvalue weighted by molar-refractivity contribution is 8.13. The normalized spacial score (nSPS) is 17.6. The molecule has 1 aromatic rings. The third kappa shape index (κ3) is 5.82. The van der Waals surface area contributed by atoms with Crippen molar-refractivity contribution < 1.29 is 24.3 Å². The molecule has 0 radical (unpaired) electrons. The van der Waals surface area contributed by atoms with Crippen molar-refractivity contribution in [3.8, 4) is 0 Å². The zero-order valence-corrected chi connectivity index (χ0v) is 17.1. The molecular formula is C20H26N2O5S. The Bertz CT molecular complexity index is 765. The standard InChI is InChI=1S/C20H26N2O5S/c1-12(2)16(11-28-13(3)23)19(26)21-17-8-14-6-4-5-7-15(14)9-22(20(17)27)10-18(24)25/h4-7,12,16-17H,8-11H2,1-3H3,(H,21,26)(H,24,25)/t16-,17-/m0/s1. The number of hydrogen-bond donors (Lipinski definition) is 2. The average Bonchev–Trinajstić information content (AvgIpc) is 2.72. The molecule has 0 spiro atoms. The molecule has 8 heteroatoms. The van der Waals surface area contributed by atoms with Gasteiger partial charge in [0.2, 0.25) is 11.8 Å². The molecule has 2 atom stereocenters. The number of amides is 2. The molecule has 1 aliphatic heterocycles. The second-order valence-corrected chi connectivity index (χ2v) is 8.47. The molecule has 0 aromatic heterocycles. The number of fused-ring (bicyclic) bond motifs is 1. The van der Waals surface area contributed by atoms with E-state index in [1.807, 2.05) is 38.1 Å². The third-order valence-corrected chi connectivity index (χ3v) is 5.70. The first-order valence-electron chi connectivity index (χ1n) is 9.20. The molecule has 0 unspecified atom stereocenters. The number of carbonyl (C=O) groups is 4. The smallest absolute Gasteiger partial charge is 0.323 e. The van der Waals surface area contributed by atoms with Gasteiger partial charge in [0, 0.05) is 31.6 Å². The maximum Gasteiger partial charge on any atom is 0.323 e. The fraction of sp³-hybridized carbons (Fsp3) is 0.500. The topological polar surface area (TPSA) is 104 Å². The number of carboxylic acids is 1. The number of rotatable bonds is 7. The van der Waals surface area contributed by atoms with E-state index in [-0.39, 0.29) is 23.5 Å². The molecule has 0 bridgehead atoms. The minimum absolute atomic E-state index is 0.00450. The third-order valence-electron chi connectivity index (χ3n) is 4.76. The van der Waals surface area contributed by atoms with Crippen LogP contribution < -0.4 is 5.32 Å². The van der Waals surface area contributed by atoms with E-state index in [1.165, 1.54) is 11.8 Å². The van der Waals surface area contributed by atoms with Crippen molar-refractivity contribution in [1.82, 2.24) is 10.2 Å². The predicted molar refractivity (Wildman–Crippen MR) is 107 cm³/mol. The molecule has 7 nitrogen and oxygen atoms in total. The van der Waals surface area contributed by atoms with Crippen molar-refractivity contribution in [2.45, 2.75) is 39.8 Å². The van der Waals surface area contributed by atoms with E-state index in [0.29, 0.717) is 12.2 Å². The Kier molecular flexibility index (Phi) is 7.62. The zero-order chi connectivity index (χ0) is 20.8. The van der Waals surface area contributed by atoms with Gasteiger partial charge in [-0.1, -0.05) is 49.9 Å². The van der Waals surface area contributed by atoms with Crippen LogP contribution in [-0.2, 0) is 32.1 Å². The summed E-state index contributed by atoms with van der Waals surface area (Å²) in [5.41, 5.74) is 1.79. The molecule has 2 rings (SSSR count). The van der Waals surface area contributed by atoms with Crippen LogP contribution in [0.5, 0.6) is 0 Å². The van der Waals surface area contributed by atoms with Gasteiger partial charge in [-0.2, -0.15) is 0 Å². The number of aliphatic carboxylic acids is 1. The number of nitrogens with one attached hydrogen (secondary N) is 1. The van der Waals surface area contributed by atoms with E-state index < -0.39 is 30.4 Å². The second kappa shape index (κ2) is 9.73. The van der Waals surface area contributed by atoms with Crippen LogP contribution in [0.3, 0.4) is 0 Å². The van der Waals surface area contributed by atoms with Crippen molar-refractivity contribution in [2.24, 2.45) is 11.8 Å². The number of carbonyl (C=O) groups excluding carboxylic acids is 3. The monoisotopic (exact) mass is 406 g/mol. The highest BCUT2D eigenvalue weighted by Crippen LogP contribution is 2.22. The van der Waals surface area contributed by atoms with E-state index in [4.69, 9.17) is 5.11 Å². The average molecular weight is 407 g/mol. The quantitative estimate of drug-likeness (QED) is 0.714. The van der Waals surface area contributed by atoms with Crippen molar-refractivity contribution in [3.05, 3.63) is 35.4 Å². The van der Waals surface area contributed by atoms with Crippen LogP contribution in [0.15, 0.2) is 24.3 Å². The largest absolute Gasteiger partial charge is 0.480 e. The van der Waals surface area contributed by atoms with Crippen LogP contribution in [0, 0.1) is 11.8 Å². The Morgan fingerprint density at radius 2 is 1.89 bits per heavy atom. The van der Waals surface area contributed by atoms with Crippen LogP contribution in [0.4, 0.5) is 0 Å². The molecule has 1 aliphatic rings. The van der Waals surface area contributed by atoms with E-state index in [0.717, 1.165) is 22.9 Å². The van der Waals surface area contributed by atoms with E-state index in [1.54, 1.807) is 0 Å². The summed E-state index contributed by atoms with van der Waals surface area (Å²) in [4.78, 5) is 49.5. The van der Waals surface area contributed by atoms with Gasteiger partial charge in [-0.25, -0.2) is 0 Å². The van der Waals surface area contributed by atoms with Crippen molar-refractivity contribution in [3.63, 3.8) is 0 Å². The molecule has 28 heavy (non-hydrogen) atoms. The molecule has 0 aliphatic carbocycles. The SMILES string of the molecule is CC(=O)SC[C@H](C(=O)N[C@H]1Cc2ccccc2CN(CC(=O)O)C1=O)C(C)C. The maximum absolute atomic E-state index is 12.9. The van der Waals surface area contributed by atoms with Gasteiger partial charge in [0.1, 0.15) is 12.6 Å². The number of nitrogens with zero attached hydrogens (tertiary/aromatic N) is 1. The summed E-state index contributed by atoms with van der Waals surface area (Å²) in [6.07, 6.45) is 0.307. The zero-order valence-electron chi connectivity index (χ0n) is 16.3. The van der Waals surface area contributed by atoms with Gasteiger partial charge >= 0.3 is 5.97 Å². The summed E-state index contributed by atoms with van der Waals surface area (Å²) in [6.45, 7) is 5.02. The molecule has 0 saturated carbocycles. The minimum atomic E-state index is -1.10. The number of benzene rings is 1. The van der Waals surface area contributed by atoms with Crippen LogP contribution >= 0.6 is 11.8 Å². The first-order chi connectivity index (χ1) is 13.2.